The SMILES string of the molecule is Cc1nc2ccc(-c3ccn4nc(NC5CCC(C(=O)N(C)C)CC5)ncc34)nc2n1CC(F)F. The monoisotopic (exact) mass is 482 g/mol. The van der Waals surface area contributed by atoms with E-state index in [4.69, 9.17) is 0 Å². The lowest BCUT2D eigenvalue weighted by atomic mass is 9.85. The van der Waals surface area contributed by atoms with E-state index in [1.807, 2.05) is 18.3 Å². The van der Waals surface area contributed by atoms with E-state index in [-0.39, 0.29) is 17.9 Å². The van der Waals surface area contributed by atoms with Gasteiger partial charge in [0, 0.05) is 37.8 Å². The normalized spacial score (nSPS) is 18.5. The van der Waals surface area contributed by atoms with Gasteiger partial charge >= 0.3 is 0 Å². The van der Waals surface area contributed by atoms with Crippen LogP contribution in [0.15, 0.2) is 30.6 Å². The second kappa shape index (κ2) is 9.20. The van der Waals surface area contributed by atoms with Gasteiger partial charge in [0.1, 0.15) is 11.3 Å². The van der Waals surface area contributed by atoms with Crippen LogP contribution in [0.4, 0.5) is 14.7 Å². The zero-order valence-corrected chi connectivity index (χ0v) is 19.9. The van der Waals surface area contributed by atoms with Crippen molar-refractivity contribution in [1.82, 2.24) is 34.0 Å². The summed E-state index contributed by atoms with van der Waals surface area (Å²) in [7, 11) is 3.60. The Balaban J connectivity index is 1.35. The molecule has 0 bridgehead atoms. The molecule has 0 unspecified atom stereocenters. The third-order valence-corrected chi connectivity index (χ3v) is 6.65. The second-order valence-corrected chi connectivity index (χ2v) is 9.27. The highest BCUT2D eigenvalue weighted by Gasteiger charge is 2.27. The number of alkyl halides is 2. The molecule has 0 radical (unpaired) electrons. The Labute approximate surface area is 201 Å². The summed E-state index contributed by atoms with van der Waals surface area (Å²) >= 11 is 0. The molecule has 1 aliphatic rings. The first-order valence-corrected chi connectivity index (χ1v) is 11.7. The molecule has 4 aromatic heterocycles. The Morgan fingerprint density at radius 1 is 1.17 bits per heavy atom. The number of pyridine rings is 1. The molecular weight excluding hydrogens is 454 g/mol. The van der Waals surface area contributed by atoms with Crippen LogP contribution in [-0.2, 0) is 11.3 Å². The lowest BCUT2D eigenvalue weighted by Gasteiger charge is -2.29. The predicted octanol–water partition coefficient (Wildman–Crippen LogP) is 3.77. The molecule has 1 aliphatic carbocycles. The maximum atomic E-state index is 13.1. The number of fused-ring (bicyclic) bond motifs is 2. The van der Waals surface area contributed by atoms with E-state index in [1.165, 1.54) is 4.57 Å². The molecule has 0 saturated heterocycles. The number of anilines is 1. The minimum atomic E-state index is -2.49. The fraction of sp³-hybridized carbons (Fsp3) is 0.458. The number of amides is 1. The van der Waals surface area contributed by atoms with Crippen molar-refractivity contribution >= 4 is 28.5 Å². The molecule has 0 spiro atoms. The molecule has 1 N–H and O–H groups in total. The van der Waals surface area contributed by atoms with Crippen LogP contribution in [0.3, 0.4) is 0 Å². The van der Waals surface area contributed by atoms with E-state index >= 15 is 0 Å². The summed E-state index contributed by atoms with van der Waals surface area (Å²) in [5.74, 6) is 1.31. The van der Waals surface area contributed by atoms with E-state index < -0.39 is 13.0 Å². The molecule has 9 nitrogen and oxygen atoms in total. The number of carbonyl (C=O) groups is 1. The first-order valence-electron chi connectivity index (χ1n) is 11.7. The Kier molecular flexibility index (Phi) is 6.08. The molecule has 5 rings (SSSR count). The maximum absolute atomic E-state index is 13.1. The van der Waals surface area contributed by atoms with E-state index in [9.17, 15) is 13.6 Å². The van der Waals surface area contributed by atoms with Crippen molar-refractivity contribution in [3.05, 3.63) is 36.4 Å². The van der Waals surface area contributed by atoms with Crippen molar-refractivity contribution in [1.29, 1.82) is 0 Å². The van der Waals surface area contributed by atoms with Gasteiger partial charge in [-0.25, -0.2) is 28.2 Å². The summed E-state index contributed by atoms with van der Waals surface area (Å²) in [6.45, 7) is 1.26. The summed E-state index contributed by atoms with van der Waals surface area (Å²) in [4.78, 5) is 27.4. The van der Waals surface area contributed by atoms with Gasteiger partial charge in [0.05, 0.1) is 24.0 Å². The number of imidazole rings is 1. The third-order valence-electron chi connectivity index (χ3n) is 6.65. The average Bonchev–Trinajstić information content (AvgIpc) is 3.39. The van der Waals surface area contributed by atoms with Crippen molar-refractivity contribution in [2.45, 2.75) is 51.6 Å². The second-order valence-electron chi connectivity index (χ2n) is 9.27. The fourth-order valence-corrected chi connectivity index (χ4v) is 4.84. The highest BCUT2D eigenvalue weighted by atomic mass is 19.3. The van der Waals surface area contributed by atoms with Crippen LogP contribution in [0.1, 0.15) is 31.5 Å². The highest BCUT2D eigenvalue weighted by Crippen LogP contribution is 2.29. The van der Waals surface area contributed by atoms with Crippen LogP contribution in [0, 0.1) is 12.8 Å². The summed E-state index contributed by atoms with van der Waals surface area (Å²) in [6, 6.07) is 5.73. The zero-order valence-electron chi connectivity index (χ0n) is 19.9. The van der Waals surface area contributed by atoms with Crippen LogP contribution in [-0.4, -0.2) is 66.5 Å². The number of halogens is 2. The molecule has 1 fully saturated rings. The van der Waals surface area contributed by atoms with Gasteiger partial charge in [0.2, 0.25) is 11.9 Å². The van der Waals surface area contributed by atoms with Crippen molar-refractivity contribution in [2.24, 2.45) is 5.92 Å². The van der Waals surface area contributed by atoms with Gasteiger partial charge in [-0.15, -0.1) is 5.10 Å². The molecule has 184 valence electrons. The third kappa shape index (κ3) is 4.54. The van der Waals surface area contributed by atoms with Crippen LogP contribution in [0.25, 0.3) is 27.9 Å². The van der Waals surface area contributed by atoms with Crippen molar-refractivity contribution < 1.29 is 13.6 Å². The fourth-order valence-electron chi connectivity index (χ4n) is 4.84. The molecule has 35 heavy (non-hydrogen) atoms. The lowest BCUT2D eigenvalue weighted by Crippen LogP contribution is -2.35. The highest BCUT2D eigenvalue weighted by molar-refractivity contribution is 5.82. The smallest absolute Gasteiger partial charge is 0.256 e. The van der Waals surface area contributed by atoms with Crippen LogP contribution >= 0.6 is 0 Å². The van der Waals surface area contributed by atoms with Crippen LogP contribution in [0.2, 0.25) is 0 Å². The molecule has 1 amide bonds. The van der Waals surface area contributed by atoms with Crippen molar-refractivity contribution in [3.8, 4) is 11.3 Å². The van der Waals surface area contributed by atoms with Gasteiger partial charge in [0.25, 0.3) is 6.43 Å². The van der Waals surface area contributed by atoms with Crippen molar-refractivity contribution in [2.75, 3.05) is 19.4 Å². The maximum Gasteiger partial charge on any atom is 0.256 e. The van der Waals surface area contributed by atoms with Gasteiger partial charge in [-0.2, -0.15) is 0 Å². The Morgan fingerprint density at radius 3 is 2.66 bits per heavy atom. The summed E-state index contributed by atoms with van der Waals surface area (Å²) in [5.41, 5.74) is 3.23. The Hall–Kier alpha value is -3.63. The number of nitrogens with one attached hydrogen (secondary N) is 1. The number of aromatic nitrogens is 6. The summed E-state index contributed by atoms with van der Waals surface area (Å²) < 4.78 is 29.3. The van der Waals surface area contributed by atoms with Crippen LogP contribution < -0.4 is 5.32 Å². The zero-order chi connectivity index (χ0) is 24.7. The lowest BCUT2D eigenvalue weighted by molar-refractivity contribution is -0.133. The molecular formula is C24H28F2N8O. The Morgan fingerprint density at radius 2 is 1.94 bits per heavy atom. The molecule has 11 heteroatoms. The quantitative estimate of drug-likeness (QED) is 0.450. The van der Waals surface area contributed by atoms with E-state index in [2.05, 4.69) is 25.4 Å². The molecule has 4 heterocycles. The van der Waals surface area contributed by atoms with Gasteiger partial charge in [-0.05, 0) is 50.8 Å². The summed E-state index contributed by atoms with van der Waals surface area (Å²) in [5, 5.41) is 7.99. The number of carbonyl (C=O) groups excluding carboxylic acids is 1. The molecule has 0 aliphatic heterocycles. The molecule has 1 saturated carbocycles. The van der Waals surface area contributed by atoms with Gasteiger partial charge in [-0.3, -0.25) is 4.79 Å². The number of rotatable bonds is 6. The van der Waals surface area contributed by atoms with Gasteiger partial charge in [-0.1, -0.05) is 0 Å². The minimum Gasteiger partial charge on any atom is -0.350 e. The molecule has 4 aromatic rings. The Bertz CT molecular complexity index is 1370. The van der Waals surface area contributed by atoms with Gasteiger partial charge in [0.15, 0.2) is 5.65 Å². The molecule has 0 atom stereocenters. The largest absolute Gasteiger partial charge is 0.350 e. The number of aryl methyl sites for hydroxylation is 1. The summed E-state index contributed by atoms with van der Waals surface area (Å²) in [6.07, 6.45) is 4.55. The van der Waals surface area contributed by atoms with Crippen molar-refractivity contribution in [3.63, 3.8) is 0 Å². The number of hydrogen-bond acceptors (Lipinski definition) is 6. The predicted molar refractivity (Wildman–Crippen MR) is 128 cm³/mol. The molecule has 0 aromatic carbocycles. The average molecular weight is 483 g/mol. The number of nitrogens with zero attached hydrogens (tertiary/aromatic N) is 7. The first kappa shape index (κ1) is 23.1. The standard InChI is InChI=1S/C24H28F2N8O/c1-14-28-19-9-8-18(30-22(19)33(14)13-21(25)26)17-10-11-34-20(17)12-27-24(31-34)29-16-6-4-15(5-7-16)23(35)32(2)3/h8-12,15-16,21H,4-7,13H2,1-3H3,(H,29,31). The topological polar surface area (TPSA) is 93.2 Å². The van der Waals surface area contributed by atoms with E-state index in [0.717, 1.165) is 36.8 Å². The minimum absolute atomic E-state index is 0.0871. The van der Waals surface area contributed by atoms with Crippen LogP contribution in [0.5, 0.6) is 0 Å². The van der Waals surface area contributed by atoms with Gasteiger partial charge < -0.3 is 14.8 Å². The first-order chi connectivity index (χ1) is 16.8. The number of hydrogen-bond donors (Lipinski definition) is 1. The van der Waals surface area contributed by atoms with E-state index in [1.54, 1.807) is 42.7 Å². The van der Waals surface area contributed by atoms with E-state index in [0.29, 0.717) is 28.6 Å².